The van der Waals surface area contributed by atoms with Crippen LogP contribution in [0.15, 0.2) is 11.3 Å². The van der Waals surface area contributed by atoms with Crippen LogP contribution in [-0.4, -0.2) is 20.6 Å². The van der Waals surface area contributed by atoms with E-state index >= 15 is 0 Å². The predicted octanol–water partition coefficient (Wildman–Crippen LogP) is 1.25. The first kappa shape index (κ1) is 11.1. The number of aryl methyl sites for hydroxylation is 1. The van der Waals surface area contributed by atoms with Crippen molar-refractivity contribution in [2.45, 2.75) is 38.6 Å². The Bertz CT molecular complexity index is 362. The second kappa shape index (κ2) is 5.09. The van der Waals surface area contributed by atoms with Gasteiger partial charge in [-0.25, -0.2) is 4.98 Å². The summed E-state index contributed by atoms with van der Waals surface area (Å²) in [5.41, 5.74) is 5.99. The van der Waals surface area contributed by atoms with Gasteiger partial charge in [0, 0.05) is 13.0 Å². The van der Waals surface area contributed by atoms with E-state index < -0.39 is 0 Å². The summed E-state index contributed by atoms with van der Waals surface area (Å²) in [7, 11) is 1.85. The van der Waals surface area contributed by atoms with Gasteiger partial charge in [0.25, 0.3) is 0 Å². The zero-order valence-corrected chi connectivity index (χ0v) is 9.76. The molecule has 1 fully saturated rings. The Morgan fingerprint density at radius 3 is 2.88 bits per heavy atom. The van der Waals surface area contributed by atoms with Crippen molar-refractivity contribution in [1.29, 1.82) is 0 Å². The minimum absolute atomic E-state index is 0.484. The van der Waals surface area contributed by atoms with Crippen LogP contribution in [0.4, 0.5) is 0 Å². The van der Waals surface area contributed by atoms with E-state index in [1.54, 1.807) is 11.0 Å². The van der Waals surface area contributed by atoms with Crippen LogP contribution < -0.4 is 5.73 Å². The molecule has 0 saturated heterocycles. The standard InChI is InChI=1S/C11H19N5/c1-16-8-14-10(15-16)7-13-11(12)9-5-3-2-4-6-9/h8-9H,2-7H2,1H3,(H2,12,13). The average Bonchev–Trinajstić information content (AvgIpc) is 2.73. The third-order valence-corrected chi connectivity index (χ3v) is 3.07. The molecule has 0 spiro atoms. The minimum Gasteiger partial charge on any atom is -0.387 e. The molecule has 5 heteroatoms. The zero-order chi connectivity index (χ0) is 11.4. The third-order valence-electron chi connectivity index (χ3n) is 3.07. The Labute approximate surface area is 95.8 Å². The molecule has 1 aromatic rings. The summed E-state index contributed by atoms with van der Waals surface area (Å²) in [6, 6.07) is 0. The zero-order valence-electron chi connectivity index (χ0n) is 9.76. The first-order valence-corrected chi connectivity index (χ1v) is 5.90. The highest BCUT2D eigenvalue weighted by atomic mass is 15.3. The fourth-order valence-electron chi connectivity index (χ4n) is 2.15. The molecule has 1 aliphatic rings. The summed E-state index contributed by atoms with van der Waals surface area (Å²) in [6.45, 7) is 0.503. The van der Waals surface area contributed by atoms with Gasteiger partial charge in [-0.2, -0.15) is 5.10 Å². The molecule has 5 nitrogen and oxygen atoms in total. The molecule has 1 heterocycles. The van der Waals surface area contributed by atoms with Crippen LogP contribution in [0, 0.1) is 5.92 Å². The molecular weight excluding hydrogens is 202 g/mol. The van der Waals surface area contributed by atoms with E-state index in [0.717, 1.165) is 11.7 Å². The second-order valence-electron chi connectivity index (χ2n) is 4.41. The fraction of sp³-hybridized carbons (Fsp3) is 0.727. The minimum atomic E-state index is 0.484. The SMILES string of the molecule is Cn1cnc(CN=C(N)C2CCCCC2)n1. The maximum atomic E-state index is 5.99. The number of rotatable bonds is 3. The van der Waals surface area contributed by atoms with Crippen molar-refractivity contribution in [2.75, 3.05) is 0 Å². The summed E-state index contributed by atoms with van der Waals surface area (Å²) in [4.78, 5) is 8.51. The molecule has 2 N–H and O–H groups in total. The Kier molecular flexibility index (Phi) is 3.54. The van der Waals surface area contributed by atoms with Gasteiger partial charge in [-0.3, -0.25) is 9.67 Å². The summed E-state index contributed by atoms with van der Waals surface area (Å²) >= 11 is 0. The molecule has 1 saturated carbocycles. The fourth-order valence-corrected chi connectivity index (χ4v) is 2.15. The van der Waals surface area contributed by atoms with Crippen molar-refractivity contribution in [2.24, 2.45) is 23.7 Å². The molecule has 2 rings (SSSR count). The molecule has 0 atom stereocenters. The van der Waals surface area contributed by atoms with Crippen molar-refractivity contribution < 1.29 is 0 Å². The summed E-state index contributed by atoms with van der Waals surface area (Å²) in [5.74, 6) is 2.01. The molecule has 0 aliphatic heterocycles. The maximum absolute atomic E-state index is 5.99. The highest BCUT2D eigenvalue weighted by molar-refractivity contribution is 5.82. The Morgan fingerprint density at radius 2 is 2.25 bits per heavy atom. The molecular formula is C11H19N5. The summed E-state index contributed by atoms with van der Waals surface area (Å²) in [6.07, 6.45) is 7.95. The van der Waals surface area contributed by atoms with Gasteiger partial charge in [0.1, 0.15) is 12.9 Å². The lowest BCUT2D eigenvalue weighted by atomic mass is 9.88. The molecule has 88 valence electrons. The van der Waals surface area contributed by atoms with Gasteiger partial charge in [0.15, 0.2) is 5.82 Å². The predicted molar refractivity (Wildman–Crippen MR) is 62.9 cm³/mol. The monoisotopic (exact) mass is 221 g/mol. The van der Waals surface area contributed by atoms with E-state index in [-0.39, 0.29) is 0 Å². The van der Waals surface area contributed by atoms with E-state index in [2.05, 4.69) is 15.1 Å². The molecule has 0 amide bonds. The van der Waals surface area contributed by atoms with E-state index in [0.29, 0.717) is 12.5 Å². The average molecular weight is 221 g/mol. The maximum Gasteiger partial charge on any atom is 0.171 e. The quantitative estimate of drug-likeness (QED) is 0.617. The van der Waals surface area contributed by atoms with Crippen molar-refractivity contribution in [3.63, 3.8) is 0 Å². The third kappa shape index (κ3) is 2.81. The number of amidine groups is 1. The molecule has 16 heavy (non-hydrogen) atoms. The van der Waals surface area contributed by atoms with Crippen LogP contribution in [0.1, 0.15) is 37.9 Å². The van der Waals surface area contributed by atoms with Crippen molar-refractivity contribution in [3.8, 4) is 0 Å². The first-order chi connectivity index (χ1) is 7.75. The van der Waals surface area contributed by atoms with Gasteiger partial charge in [-0.15, -0.1) is 0 Å². The Hall–Kier alpha value is -1.39. The number of nitrogens with zero attached hydrogens (tertiary/aromatic N) is 4. The van der Waals surface area contributed by atoms with E-state index in [1.807, 2.05) is 7.05 Å². The van der Waals surface area contributed by atoms with Crippen LogP contribution in [0.2, 0.25) is 0 Å². The van der Waals surface area contributed by atoms with Crippen molar-refractivity contribution >= 4 is 5.84 Å². The Morgan fingerprint density at radius 1 is 1.50 bits per heavy atom. The number of aromatic nitrogens is 3. The number of hydrogen-bond acceptors (Lipinski definition) is 3. The topological polar surface area (TPSA) is 69.1 Å². The number of aliphatic imine (C=N–C) groups is 1. The van der Waals surface area contributed by atoms with Crippen molar-refractivity contribution in [1.82, 2.24) is 14.8 Å². The van der Waals surface area contributed by atoms with Crippen LogP contribution in [0.5, 0.6) is 0 Å². The molecule has 0 bridgehead atoms. The largest absolute Gasteiger partial charge is 0.387 e. The number of nitrogens with two attached hydrogens (primary N) is 1. The van der Waals surface area contributed by atoms with Crippen LogP contribution in [-0.2, 0) is 13.6 Å². The van der Waals surface area contributed by atoms with Crippen LogP contribution in [0.3, 0.4) is 0 Å². The van der Waals surface area contributed by atoms with Gasteiger partial charge in [-0.1, -0.05) is 19.3 Å². The molecule has 1 aromatic heterocycles. The van der Waals surface area contributed by atoms with Gasteiger partial charge >= 0.3 is 0 Å². The normalized spacial score (nSPS) is 18.9. The van der Waals surface area contributed by atoms with Gasteiger partial charge < -0.3 is 5.73 Å². The lowest BCUT2D eigenvalue weighted by Gasteiger charge is -2.20. The smallest absolute Gasteiger partial charge is 0.171 e. The molecule has 0 aromatic carbocycles. The summed E-state index contributed by atoms with van der Waals surface area (Å²) < 4.78 is 1.68. The summed E-state index contributed by atoms with van der Waals surface area (Å²) in [5, 5.41) is 4.17. The highest BCUT2D eigenvalue weighted by Crippen LogP contribution is 2.23. The molecule has 0 radical (unpaired) electrons. The van der Waals surface area contributed by atoms with E-state index in [1.165, 1.54) is 32.1 Å². The lowest BCUT2D eigenvalue weighted by molar-refractivity contribution is 0.436. The van der Waals surface area contributed by atoms with E-state index in [4.69, 9.17) is 5.73 Å². The molecule has 0 unspecified atom stereocenters. The Balaban J connectivity index is 1.90. The lowest BCUT2D eigenvalue weighted by Crippen LogP contribution is -2.25. The second-order valence-corrected chi connectivity index (χ2v) is 4.41. The van der Waals surface area contributed by atoms with Crippen LogP contribution >= 0.6 is 0 Å². The van der Waals surface area contributed by atoms with Gasteiger partial charge in [0.2, 0.25) is 0 Å². The first-order valence-electron chi connectivity index (χ1n) is 5.90. The molecule has 1 aliphatic carbocycles. The van der Waals surface area contributed by atoms with Gasteiger partial charge in [0.05, 0.1) is 5.84 Å². The van der Waals surface area contributed by atoms with Gasteiger partial charge in [-0.05, 0) is 12.8 Å². The van der Waals surface area contributed by atoms with E-state index in [9.17, 15) is 0 Å². The van der Waals surface area contributed by atoms with Crippen LogP contribution in [0.25, 0.3) is 0 Å². The highest BCUT2D eigenvalue weighted by Gasteiger charge is 2.16. The van der Waals surface area contributed by atoms with Crippen molar-refractivity contribution in [3.05, 3.63) is 12.2 Å². The number of hydrogen-bond donors (Lipinski definition) is 1.